The SMILES string of the molecule is Clc1cc(Cl)c([C@]2(Cn3ccnc3)OC[C@@H](COc3ccc(-c4ccccc4)cc3)O2)cc1Cl.O=[N+]([O-])O. The first kappa shape index (κ1) is 27.7. The van der Waals surface area contributed by atoms with Crippen molar-refractivity contribution in [1.29, 1.82) is 0 Å². The summed E-state index contributed by atoms with van der Waals surface area (Å²) in [6.07, 6.45) is 4.90. The van der Waals surface area contributed by atoms with Gasteiger partial charge < -0.3 is 24.0 Å². The van der Waals surface area contributed by atoms with E-state index in [2.05, 4.69) is 17.1 Å². The summed E-state index contributed by atoms with van der Waals surface area (Å²) in [5.41, 5.74) is 2.89. The van der Waals surface area contributed by atoms with Crippen molar-refractivity contribution < 1.29 is 24.5 Å². The lowest BCUT2D eigenvalue weighted by atomic mass is 10.1. The van der Waals surface area contributed by atoms with Gasteiger partial charge in [0, 0.05) is 18.0 Å². The van der Waals surface area contributed by atoms with Crippen LogP contribution in [0.2, 0.25) is 15.1 Å². The first-order valence-electron chi connectivity index (χ1n) is 11.3. The van der Waals surface area contributed by atoms with E-state index in [1.54, 1.807) is 24.7 Å². The van der Waals surface area contributed by atoms with E-state index in [0.717, 1.165) is 16.9 Å². The molecule has 2 atom stereocenters. The lowest BCUT2D eigenvalue weighted by Crippen LogP contribution is -2.34. The molecule has 0 unspecified atom stereocenters. The summed E-state index contributed by atoms with van der Waals surface area (Å²) in [4.78, 5) is 12.5. The van der Waals surface area contributed by atoms with Crippen LogP contribution >= 0.6 is 34.8 Å². The Balaban J connectivity index is 0.000000786. The van der Waals surface area contributed by atoms with Crippen LogP contribution in [0.15, 0.2) is 85.5 Å². The number of imidazole rings is 1. The Kier molecular flexibility index (Phi) is 9.09. The topological polar surface area (TPSA) is 109 Å². The van der Waals surface area contributed by atoms with E-state index in [4.69, 9.17) is 64.3 Å². The number of hydrogen-bond donors (Lipinski definition) is 1. The van der Waals surface area contributed by atoms with Gasteiger partial charge in [-0.1, -0.05) is 77.3 Å². The maximum Gasteiger partial charge on any atom is 0.291 e. The Bertz CT molecular complexity index is 1350. The highest BCUT2D eigenvalue weighted by atomic mass is 35.5. The molecule has 1 saturated heterocycles. The average Bonchev–Trinajstić information content (AvgIpc) is 3.56. The maximum absolute atomic E-state index is 8.36. The van der Waals surface area contributed by atoms with Crippen molar-refractivity contribution in [2.75, 3.05) is 13.2 Å². The molecule has 9 nitrogen and oxygen atoms in total. The second-order valence-electron chi connectivity index (χ2n) is 8.22. The van der Waals surface area contributed by atoms with Gasteiger partial charge in [0.05, 0.1) is 34.5 Å². The fourth-order valence-corrected chi connectivity index (χ4v) is 4.65. The lowest BCUT2D eigenvalue weighted by molar-refractivity contribution is -0.742. The Morgan fingerprint density at radius 1 is 1.05 bits per heavy atom. The number of ether oxygens (including phenoxy) is 3. The summed E-state index contributed by atoms with van der Waals surface area (Å²) < 4.78 is 20.5. The number of hydrogen-bond acceptors (Lipinski definition) is 6. The molecule has 0 bridgehead atoms. The van der Waals surface area contributed by atoms with Crippen LogP contribution in [0.1, 0.15) is 5.56 Å². The van der Waals surface area contributed by atoms with Crippen molar-refractivity contribution in [3.8, 4) is 16.9 Å². The summed E-state index contributed by atoms with van der Waals surface area (Å²) >= 11 is 19.0. The summed E-state index contributed by atoms with van der Waals surface area (Å²) in [7, 11) is 0. The fourth-order valence-electron chi connectivity index (χ4n) is 3.95. The van der Waals surface area contributed by atoms with Crippen LogP contribution in [-0.4, -0.2) is 39.2 Å². The van der Waals surface area contributed by atoms with Gasteiger partial charge in [-0.15, -0.1) is 10.1 Å². The van der Waals surface area contributed by atoms with E-state index >= 15 is 0 Å². The highest BCUT2D eigenvalue weighted by molar-refractivity contribution is 6.43. The minimum atomic E-state index is -1.50. The van der Waals surface area contributed by atoms with E-state index < -0.39 is 10.9 Å². The predicted molar refractivity (Wildman–Crippen MR) is 142 cm³/mol. The predicted octanol–water partition coefficient (Wildman–Crippen LogP) is 6.51. The van der Waals surface area contributed by atoms with E-state index in [9.17, 15) is 0 Å². The molecule has 2 heterocycles. The van der Waals surface area contributed by atoms with Gasteiger partial charge in [0.2, 0.25) is 5.79 Å². The molecular weight excluding hydrogens is 557 g/mol. The number of aromatic nitrogens is 2. The highest BCUT2D eigenvalue weighted by Crippen LogP contribution is 2.42. The Morgan fingerprint density at radius 2 is 1.71 bits per heavy atom. The molecule has 5 rings (SSSR count). The highest BCUT2D eigenvalue weighted by Gasteiger charge is 2.45. The largest absolute Gasteiger partial charge is 0.491 e. The van der Waals surface area contributed by atoms with Gasteiger partial charge >= 0.3 is 0 Å². The molecule has 198 valence electrons. The molecule has 1 aliphatic rings. The summed E-state index contributed by atoms with van der Waals surface area (Å²) in [5.74, 6) is -0.403. The number of benzene rings is 3. The molecule has 1 fully saturated rings. The van der Waals surface area contributed by atoms with Gasteiger partial charge in [-0.25, -0.2) is 4.98 Å². The molecule has 1 aliphatic heterocycles. The van der Waals surface area contributed by atoms with Gasteiger partial charge in [-0.3, -0.25) is 0 Å². The zero-order valence-corrected chi connectivity index (χ0v) is 22.0. The van der Waals surface area contributed by atoms with Crippen LogP contribution in [0.5, 0.6) is 5.75 Å². The van der Waals surface area contributed by atoms with Crippen molar-refractivity contribution in [3.05, 3.63) is 116 Å². The maximum atomic E-state index is 8.36. The van der Waals surface area contributed by atoms with Crippen molar-refractivity contribution in [1.82, 2.24) is 9.55 Å². The van der Waals surface area contributed by atoms with Crippen LogP contribution in [0.3, 0.4) is 0 Å². The van der Waals surface area contributed by atoms with Gasteiger partial charge in [0.25, 0.3) is 5.09 Å². The Labute approximate surface area is 233 Å². The van der Waals surface area contributed by atoms with Gasteiger partial charge in [0.15, 0.2) is 0 Å². The fraction of sp³-hybridized carbons (Fsp3) is 0.192. The van der Waals surface area contributed by atoms with Gasteiger partial charge in [-0.05, 0) is 35.4 Å². The van der Waals surface area contributed by atoms with Crippen LogP contribution < -0.4 is 4.74 Å². The summed E-state index contributed by atoms with van der Waals surface area (Å²) in [6, 6.07) is 21.5. The second kappa shape index (κ2) is 12.5. The molecule has 0 amide bonds. The molecule has 0 saturated carbocycles. The van der Waals surface area contributed by atoms with E-state index in [1.807, 2.05) is 53.2 Å². The molecule has 1 aromatic heterocycles. The minimum Gasteiger partial charge on any atom is -0.491 e. The van der Waals surface area contributed by atoms with Crippen molar-refractivity contribution in [3.63, 3.8) is 0 Å². The average molecular weight is 579 g/mol. The molecule has 1 N–H and O–H groups in total. The number of nitrogens with zero attached hydrogens (tertiary/aromatic N) is 3. The molecular formula is C26H22Cl3N3O6. The van der Waals surface area contributed by atoms with Crippen molar-refractivity contribution >= 4 is 34.8 Å². The standard InChI is InChI=1S/C26H21Cl3N2O3.HNO3/c27-23-13-25(29)24(28)12-22(23)26(16-31-11-10-30-17-31)33-15-21(34-26)14-32-20-8-6-19(7-9-20)18-4-2-1-3-5-18;2-1(3)4/h1-13,17,21H,14-16H2;(H,2,3,4)/t21-,26-;/m1./s1. The van der Waals surface area contributed by atoms with Crippen molar-refractivity contribution in [2.24, 2.45) is 0 Å². The molecule has 12 heteroatoms. The zero-order valence-electron chi connectivity index (χ0n) is 19.7. The second-order valence-corrected chi connectivity index (χ2v) is 9.45. The summed E-state index contributed by atoms with van der Waals surface area (Å²) in [5, 5.41) is 14.8. The third-order valence-electron chi connectivity index (χ3n) is 5.63. The zero-order chi connectivity index (χ0) is 27.1. The lowest BCUT2D eigenvalue weighted by Gasteiger charge is -2.30. The minimum absolute atomic E-state index is 0.315. The smallest absolute Gasteiger partial charge is 0.291 e. The normalized spacial score (nSPS) is 18.4. The van der Waals surface area contributed by atoms with E-state index in [0.29, 0.717) is 40.4 Å². The van der Waals surface area contributed by atoms with E-state index in [1.165, 1.54) is 0 Å². The van der Waals surface area contributed by atoms with E-state index in [-0.39, 0.29) is 6.10 Å². The first-order chi connectivity index (χ1) is 18.3. The van der Waals surface area contributed by atoms with Gasteiger partial charge in [-0.2, -0.15) is 0 Å². The number of rotatable bonds is 7. The van der Waals surface area contributed by atoms with Gasteiger partial charge in [0.1, 0.15) is 18.5 Å². The quantitative estimate of drug-likeness (QED) is 0.151. The number of halogens is 3. The monoisotopic (exact) mass is 577 g/mol. The molecule has 38 heavy (non-hydrogen) atoms. The van der Waals surface area contributed by atoms with Crippen LogP contribution in [0.4, 0.5) is 0 Å². The summed E-state index contributed by atoms with van der Waals surface area (Å²) in [6.45, 7) is 0.982. The molecule has 3 aromatic carbocycles. The van der Waals surface area contributed by atoms with Crippen LogP contribution in [-0.2, 0) is 21.8 Å². The molecule has 0 spiro atoms. The third kappa shape index (κ3) is 6.94. The first-order valence-corrected chi connectivity index (χ1v) is 12.4. The van der Waals surface area contributed by atoms with Crippen LogP contribution in [0.25, 0.3) is 11.1 Å². The molecule has 4 aromatic rings. The third-order valence-corrected chi connectivity index (χ3v) is 6.66. The Morgan fingerprint density at radius 3 is 2.37 bits per heavy atom. The Hall–Kier alpha value is -3.34. The van der Waals surface area contributed by atoms with Crippen molar-refractivity contribution in [2.45, 2.75) is 18.4 Å². The van der Waals surface area contributed by atoms with Crippen LogP contribution in [0, 0.1) is 10.1 Å². The molecule has 0 radical (unpaired) electrons. The molecule has 0 aliphatic carbocycles.